The van der Waals surface area contributed by atoms with Crippen molar-refractivity contribution in [1.82, 2.24) is 0 Å². The molecule has 0 aliphatic heterocycles. The van der Waals surface area contributed by atoms with Gasteiger partial charge in [-0.25, -0.2) is 0 Å². The number of rotatable bonds is 0. The zero-order valence-electron chi connectivity index (χ0n) is 6.47. The molecule has 2 N–H and O–H groups in total. The van der Waals surface area contributed by atoms with Crippen molar-refractivity contribution in [3.8, 4) is 0 Å². The van der Waals surface area contributed by atoms with Gasteiger partial charge in [0.2, 0.25) is 0 Å². The van der Waals surface area contributed by atoms with Gasteiger partial charge in [0.15, 0.2) is 0 Å². The van der Waals surface area contributed by atoms with Crippen LogP contribution >= 0.6 is 0 Å². The van der Waals surface area contributed by atoms with Crippen molar-refractivity contribution >= 4 is 0 Å². The SMILES string of the molecule is CC(O)O.[H-].[H-].[Li+].[Li+]. The smallest absolute Gasteiger partial charge is 1.00 e. The van der Waals surface area contributed by atoms with Crippen LogP contribution < -0.4 is 37.7 Å². The summed E-state index contributed by atoms with van der Waals surface area (Å²) in [4.78, 5) is 0. The predicted octanol–water partition coefficient (Wildman–Crippen LogP) is -6.45. The van der Waals surface area contributed by atoms with Crippen LogP contribution in [-0.4, -0.2) is 16.5 Å². The van der Waals surface area contributed by atoms with Crippen LogP contribution in [-0.2, 0) is 0 Å². The van der Waals surface area contributed by atoms with Gasteiger partial charge in [-0.3, -0.25) is 0 Å². The number of aliphatic hydroxyl groups excluding tert-OH is 1. The molecule has 0 fully saturated rings. The summed E-state index contributed by atoms with van der Waals surface area (Å²) in [6, 6.07) is 0. The Balaban J connectivity index is -0.00000000750. The van der Waals surface area contributed by atoms with Gasteiger partial charge in [-0.05, 0) is 6.92 Å². The first-order chi connectivity index (χ1) is 1.73. The van der Waals surface area contributed by atoms with Gasteiger partial charge >= 0.3 is 37.7 Å². The second-order valence-electron chi connectivity index (χ2n) is 0.632. The topological polar surface area (TPSA) is 40.5 Å². The zero-order valence-corrected chi connectivity index (χ0v) is 4.47. The fraction of sp³-hybridized carbons (Fsp3) is 1.00. The summed E-state index contributed by atoms with van der Waals surface area (Å²) in [7, 11) is 0. The molecule has 0 radical (unpaired) electrons. The third-order valence-electron chi connectivity index (χ3n) is 0. The Bertz CT molecular complexity index is 20.8. The molecule has 0 atom stereocenters. The maximum absolute atomic E-state index is 7.61. The van der Waals surface area contributed by atoms with E-state index in [1.165, 1.54) is 6.92 Å². The van der Waals surface area contributed by atoms with Gasteiger partial charge in [0.05, 0.1) is 0 Å². The van der Waals surface area contributed by atoms with Crippen LogP contribution in [0.3, 0.4) is 0 Å². The Morgan fingerprint density at radius 2 is 1.33 bits per heavy atom. The van der Waals surface area contributed by atoms with E-state index in [4.69, 9.17) is 10.2 Å². The van der Waals surface area contributed by atoms with E-state index in [1.807, 2.05) is 0 Å². The van der Waals surface area contributed by atoms with Crippen molar-refractivity contribution in [2.45, 2.75) is 13.2 Å². The van der Waals surface area contributed by atoms with E-state index >= 15 is 0 Å². The van der Waals surface area contributed by atoms with Crippen molar-refractivity contribution in [3.63, 3.8) is 0 Å². The molecule has 2 nitrogen and oxygen atoms in total. The van der Waals surface area contributed by atoms with E-state index in [-0.39, 0.29) is 40.6 Å². The molecular formula is C2H8Li2O2. The van der Waals surface area contributed by atoms with Crippen LogP contribution in [0.25, 0.3) is 0 Å². The molecule has 0 saturated carbocycles. The van der Waals surface area contributed by atoms with E-state index in [9.17, 15) is 0 Å². The summed E-state index contributed by atoms with van der Waals surface area (Å²) in [5.41, 5.74) is 0. The van der Waals surface area contributed by atoms with Crippen LogP contribution in [0.4, 0.5) is 0 Å². The average molecular weight is 78.0 g/mol. The van der Waals surface area contributed by atoms with Crippen molar-refractivity contribution < 1.29 is 50.8 Å². The largest absolute Gasteiger partial charge is 1.00 e. The zero-order chi connectivity index (χ0) is 3.58. The summed E-state index contributed by atoms with van der Waals surface area (Å²) in [6.07, 6.45) is -1.17. The molecule has 4 heteroatoms. The van der Waals surface area contributed by atoms with E-state index in [2.05, 4.69) is 0 Å². The second kappa shape index (κ2) is 9.45. The van der Waals surface area contributed by atoms with Crippen LogP contribution in [0.1, 0.15) is 9.78 Å². The molecule has 0 spiro atoms. The normalized spacial score (nSPS) is 6.00. The van der Waals surface area contributed by atoms with Crippen molar-refractivity contribution in [2.75, 3.05) is 0 Å². The molecule has 0 rings (SSSR count). The van der Waals surface area contributed by atoms with Crippen LogP contribution in [0.5, 0.6) is 0 Å². The monoisotopic (exact) mass is 78.1 g/mol. The maximum Gasteiger partial charge on any atom is 1.00 e. The molecule has 0 aromatic carbocycles. The van der Waals surface area contributed by atoms with Gasteiger partial charge in [0.25, 0.3) is 0 Å². The van der Waals surface area contributed by atoms with Crippen LogP contribution in [0, 0.1) is 0 Å². The first-order valence-electron chi connectivity index (χ1n) is 1.09. The van der Waals surface area contributed by atoms with Crippen LogP contribution in [0.15, 0.2) is 0 Å². The molecule has 0 heterocycles. The Labute approximate surface area is 64.3 Å². The van der Waals surface area contributed by atoms with Gasteiger partial charge in [-0.1, -0.05) is 0 Å². The fourth-order valence-corrected chi connectivity index (χ4v) is 0. The molecule has 30 valence electrons. The van der Waals surface area contributed by atoms with Crippen molar-refractivity contribution in [3.05, 3.63) is 0 Å². The maximum atomic E-state index is 7.61. The third kappa shape index (κ3) is 69.7. The minimum Gasteiger partial charge on any atom is -1.00 e. The van der Waals surface area contributed by atoms with E-state index in [0.29, 0.717) is 0 Å². The number of aliphatic hydroxyl groups is 2. The molecule has 0 amide bonds. The molecule has 6 heavy (non-hydrogen) atoms. The fourth-order valence-electron chi connectivity index (χ4n) is 0. The molecular weight excluding hydrogens is 69.9 g/mol. The molecule has 0 aliphatic carbocycles. The standard InChI is InChI=1S/C2H6O2.2Li.2H/c1-2(3)4;;;;/h2-4H,1H3;;;;/q;2*+1;2*-1. The number of hydrogen-bond donors (Lipinski definition) is 2. The first-order valence-corrected chi connectivity index (χ1v) is 1.09. The molecule has 0 aliphatic rings. The Hall–Kier alpha value is 1.11. The minimum absolute atomic E-state index is 0. The first kappa shape index (κ1) is 15.7. The summed E-state index contributed by atoms with van der Waals surface area (Å²) >= 11 is 0. The summed E-state index contributed by atoms with van der Waals surface area (Å²) in [6.45, 7) is 1.28. The Morgan fingerprint density at radius 1 is 1.33 bits per heavy atom. The average Bonchev–Trinajstić information content (AvgIpc) is 0.811. The second-order valence-corrected chi connectivity index (χ2v) is 0.632. The molecule has 0 aromatic heterocycles. The molecule has 0 unspecified atom stereocenters. The Morgan fingerprint density at radius 3 is 1.33 bits per heavy atom. The van der Waals surface area contributed by atoms with Crippen molar-refractivity contribution in [2.24, 2.45) is 0 Å². The Kier molecular flexibility index (Phi) is 24.7. The predicted molar refractivity (Wildman–Crippen MR) is 16.1 cm³/mol. The number of hydrogen-bond acceptors (Lipinski definition) is 2. The van der Waals surface area contributed by atoms with E-state index in [1.54, 1.807) is 0 Å². The molecule has 0 saturated heterocycles. The van der Waals surface area contributed by atoms with Gasteiger partial charge in [0, 0.05) is 0 Å². The quantitative estimate of drug-likeness (QED) is 0.223. The summed E-state index contributed by atoms with van der Waals surface area (Å²) in [5, 5.41) is 15.2. The van der Waals surface area contributed by atoms with Gasteiger partial charge in [0.1, 0.15) is 6.29 Å². The van der Waals surface area contributed by atoms with Crippen molar-refractivity contribution in [1.29, 1.82) is 0 Å². The van der Waals surface area contributed by atoms with E-state index < -0.39 is 6.29 Å². The summed E-state index contributed by atoms with van der Waals surface area (Å²) in [5.74, 6) is 0. The van der Waals surface area contributed by atoms with Gasteiger partial charge in [-0.15, -0.1) is 0 Å². The van der Waals surface area contributed by atoms with E-state index in [0.717, 1.165) is 0 Å². The van der Waals surface area contributed by atoms with Gasteiger partial charge in [-0.2, -0.15) is 0 Å². The summed E-state index contributed by atoms with van der Waals surface area (Å²) < 4.78 is 0. The minimum atomic E-state index is -1.17. The molecule has 0 bridgehead atoms. The van der Waals surface area contributed by atoms with Crippen LogP contribution in [0.2, 0.25) is 0 Å². The third-order valence-corrected chi connectivity index (χ3v) is 0. The molecule has 0 aromatic rings. The van der Waals surface area contributed by atoms with Gasteiger partial charge < -0.3 is 13.1 Å².